The maximum absolute atomic E-state index is 9.61. The van der Waals surface area contributed by atoms with Gasteiger partial charge >= 0.3 is 0 Å². The van der Waals surface area contributed by atoms with Gasteiger partial charge in [-0.15, -0.1) is 0 Å². The van der Waals surface area contributed by atoms with Crippen molar-refractivity contribution in [2.75, 3.05) is 5.32 Å². The van der Waals surface area contributed by atoms with Crippen molar-refractivity contribution in [3.63, 3.8) is 0 Å². The summed E-state index contributed by atoms with van der Waals surface area (Å²) in [5.41, 5.74) is 6.61. The summed E-state index contributed by atoms with van der Waals surface area (Å²) < 4.78 is 0. The van der Waals surface area contributed by atoms with Crippen molar-refractivity contribution >= 4 is 29.2 Å². The summed E-state index contributed by atoms with van der Waals surface area (Å²) in [6.45, 7) is 4.06. The van der Waals surface area contributed by atoms with E-state index in [0.717, 1.165) is 11.3 Å². The standard InChI is InChI=1S/C16H17N3OS/c1-11-7-8-14(12(2)9-11)18-16(21)19-17-10-13-5-3-4-6-15(13)20/h3-10,20H,1-2H3,(H2,18,19,21)/b17-10+. The first-order chi connectivity index (χ1) is 10.1. The summed E-state index contributed by atoms with van der Waals surface area (Å²) in [5.74, 6) is 0.177. The summed E-state index contributed by atoms with van der Waals surface area (Å²) in [7, 11) is 0. The van der Waals surface area contributed by atoms with Gasteiger partial charge in [-0.05, 0) is 49.8 Å². The van der Waals surface area contributed by atoms with Gasteiger partial charge in [-0.3, -0.25) is 5.43 Å². The largest absolute Gasteiger partial charge is 0.507 e. The number of hydrazone groups is 1. The Morgan fingerprint density at radius 3 is 2.67 bits per heavy atom. The summed E-state index contributed by atoms with van der Waals surface area (Å²) in [6, 6.07) is 13.0. The van der Waals surface area contributed by atoms with Crippen molar-refractivity contribution in [3.8, 4) is 5.75 Å². The third kappa shape index (κ3) is 4.29. The zero-order valence-electron chi connectivity index (χ0n) is 11.9. The molecule has 0 saturated carbocycles. The normalized spacial score (nSPS) is 10.6. The fourth-order valence-corrected chi connectivity index (χ4v) is 2.02. The number of anilines is 1. The monoisotopic (exact) mass is 299 g/mol. The number of nitrogens with zero attached hydrogens (tertiary/aromatic N) is 1. The number of phenolic OH excluding ortho intramolecular Hbond substituents is 1. The molecule has 0 fully saturated rings. The van der Waals surface area contributed by atoms with E-state index in [1.54, 1.807) is 18.2 Å². The first-order valence-electron chi connectivity index (χ1n) is 6.51. The lowest BCUT2D eigenvalue weighted by atomic mass is 10.1. The molecule has 2 rings (SSSR count). The van der Waals surface area contributed by atoms with Crippen LogP contribution in [0.5, 0.6) is 5.75 Å². The van der Waals surface area contributed by atoms with Gasteiger partial charge in [0.1, 0.15) is 5.75 Å². The molecule has 0 aliphatic heterocycles. The minimum absolute atomic E-state index is 0.177. The van der Waals surface area contributed by atoms with Crippen molar-refractivity contribution in [2.45, 2.75) is 13.8 Å². The minimum atomic E-state index is 0.177. The zero-order valence-corrected chi connectivity index (χ0v) is 12.7. The SMILES string of the molecule is Cc1ccc(NC(=S)N/N=C/c2ccccc2O)c(C)c1. The number of hydrogen-bond donors (Lipinski definition) is 3. The van der Waals surface area contributed by atoms with Crippen LogP contribution in [0.1, 0.15) is 16.7 Å². The Hall–Kier alpha value is -2.40. The van der Waals surface area contributed by atoms with Crippen LogP contribution in [-0.2, 0) is 0 Å². The van der Waals surface area contributed by atoms with Gasteiger partial charge in [0.2, 0.25) is 0 Å². The topological polar surface area (TPSA) is 56.7 Å². The van der Waals surface area contributed by atoms with E-state index in [2.05, 4.69) is 21.9 Å². The molecule has 3 N–H and O–H groups in total. The van der Waals surface area contributed by atoms with Crippen molar-refractivity contribution in [1.29, 1.82) is 0 Å². The number of hydrogen-bond acceptors (Lipinski definition) is 3. The van der Waals surface area contributed by atoms with Gasteiger partial charge in [-0.2, -0.15) is 5.10 Å². The molecular weight excluding hydrogens is 282 g/mol. The molecule has 0 unspecified atom stereocenters. The molecule has 108 valence electrons. The van der Waals surface area contributed by atoms with Crippen LogP contribution in [0.2, 0.25) is 0 Å². The number of para-hydroxylation sites is 1. The van der Waals surface area contributed by atoms with Crippen LogP contribution in [0.15, 0.2) is 47.6 Å². The Labute approximate surface area is 129 Å². The number of benzene rings is 2. The van der Waals surface area contributed by atoms with E-state index in [1.807, 2.05) is 32.0 Å². The lowest BCUT2D eigenvalue weighted by Crippen LogP contribution is -2.24. The molecule has 0 saturated heterocycles. The molecule has 0 atom stereocenters. The Kier molecular flexibility index (Phi) is 4.90. The van der Waals surface area contributed by atoms with Gasteiger partial charge in [0.25, 0.3) is 0 Å². The zero-order chi connectivity index (χ0) is 15.2. The predicted molar refractivity (Wildman–Crippen MR) is 91.0 cm³/mol. The molecule has 21 heavy (non-hydrogen) atoms. The van der Waals surface area contributed by atoms with Gasteiger partial charge in [0.05, 0.1) is 6.21 Å². The number of nitrogens with one attached hydrogen (secondary N) is 2. The lowest BCUT2D eigenvalue weighted by molar-refractivity contribution is 0.474. The molecule has 0 aromatic heterocycles. The molecule has 0 aliphatic carbocycles. The highest BCUT2D eigenvalue weighted by Gasteiger charge is 2.00. The first-order valence-corrected chi connectivity index (χ1v) is 6.92. The van der Waals surface area contributed by atoms with Crippen molar-refractivity contribution in [2.24, 2.45) is 5.10 Å². The van der Waals surface area contributed by atoms with E-state index < -0.39 is 0 Å². The summed E-state index contributed by atoms with van der Waals surface area (Å²) in [5, 5.41) is 17.1. The summed E-state index contributed by atoms with van der Waals surface area (Å²) in [6.07, 6.45) is 1.52. The highest BCUT2D eigenvalue weighted by atomic mass is 32.1. The third-order valence-electron chi connectivity index (χ3n) is 2.94. The van der Waals surface area contributed by atoms with Crippen molar-refractivity contribution in [3.05, 3.63) is 59.2 Å². The lowest BCUT2D eigenvalue weighted by Gasteiger charge is -2.10. The Bertz CT molecular complexity index is 683. The van der Waals surface area contributed by atoms with E-state index in [4.69, 9.17) is 12.2 Å². The van der Waals surface area contributed by atoms with Crippen molar-refractivity contribution in [1.82, 2.24) is 5.43 Å². The van der Waals surface area contributed by atoms with Crippen LogP contribution in [0.4, 0.5) is 5.69 Å². The third-order valence-corrected chi connectivity index (χ3v) is 3.13. The van der Waals surface area contributed by atoms with E-state index in [0.29, 0.717) is 10.7 Å². The quantitative estimate of drug-likeness (QED) is 0.462. The number of rotatable bonds is 3. The second-order valence-electron chi connectivity index (χ2n) is 4.70. The fraction of sp³-hybridized carbons (Fsp3) is 0.125. The molecule has 0 bridgehead atoms. The van der Waals surface area contributed by atoms with Crippen molar-refractivity contribution < 1.29 is 5.11 Å². The van der Waals surface area contributed by atoms with Gasteiger partial charge < -0.3 is 10.4 Å². The van der Waals surface area contributed by atoms with E-state index in [-0.39, 0.29) is 5.75 Å². The molecular formula is C16H17N3OS. The molecule has 2 aromatic carbocycles. The highest BCUT2D eigenvalue weighted by Crippen LogP contribution is 2.16. The van der Waals surface area contributed by atoms with Crippen LogP contribution in [0.25, 0.3) is 0 Å². The molecule has 0 amide bonds. The second kappa shape index (κ2) is 6.85. The maximum Gasteiger partial charge on any atom is 0.191 e. The Morgan fingerprint density at radius 2 is 1.95 bits per heavy atom. The van der Waals surface area contributed by atoms with E-state index >= 15 is 0 Å². The van der Waals surface area contributed by atoms with Crippen LogP contribution in [-0.4, -0.2) is 16.4 Å². The van der Waals surface area contributed by atoms with Crippen LogP contribution >= 0.6 is 12.2 Å². The van der Waals surface area contributed by atoms with Gasteiger partial charge in [0, 0.05) is 11.3 Å². The predicted octanol–water partition coefficient (Wildman–Crippen LogP) is 3.33. The fourth-order valence-electron chi connectivity index (χ4n) is 1.86. The summed E-state index contributed by atoms with van der Waals surface area (Å²) >= 11 is 5.18. The smallest absolute Gasteiger partial charge is 0.191 e. The summed E-state index contributed by atoms with van der Waals surface area (Å²) in [4.78, 5) is 0. The second-order valence-corrected chi connectivity index (χ2v) is 5.11. The molecule has 0 heterocycles. The molecule has 5 heteroatoms. The number of aromatic hydroxyl groups is 1. The van der Waals surface area contributed by atoms with Gasteiger partial charge in [-0.1, -0.05) is 29.8 Å². The van der Waals surface area contributed by atoms with Gasteiger partial charge in [-0.25, -0.2) is 0 Å². The number of aryl methyl sites for hydroxylation is 2. The van der Waals surface area contributed by atoms with Crippen LogP contribution in [0, 0.1) is 13.8 Å². The molecule has 4 nitrogen and oxygen atoms in total. The molecule has 2 aromatic rings. The molecule has 0 radical (unpaired) electrons. The first kappa shape index (κ1) is 15.0. The minimum Gasteiger partial charge on any atom is -0.507 e. The number of phenols is 1. The molecule has 0 aliphatic rings. The molecule has 0 spiro atoms. The van der Waals surface area contributed by atoms with E-state index in [9.17, 15) is 5.11 Å². The average molecular weight is 299 g/mol. The van der Waals surface area contributed by atoms with Crippen LogP contribution < -0.4 is 10.7 Å². The van der Waals surface area contributed by atoms with E-state index in [1.165, 1.54) is 11.8 Å². The number of thiocarbonyl (C=S) groups is 1. The maximum atomic E-state index is 9.61. The van der Waals surface area contributed by atoms with Crippen LogP contribution in [0.3, 0.4) is 0 Å². The highest BCUT2D eigenvalue weighted by molar-refractivity contribution is 7.80. The average Bonchev–Trinajstić information content (AvgIpc) is 2.44. The van der Waals surface area contributed by atoms with Gasteiger partial charge in [0.15, 0.2) is 5.11 Å². The Balaban J connectivity index is 1.95. The Morgan fingerprint density at radius 1 is 1.19 bits per heavy atom.